The van der Waals surface area contributed by atoms with E-state index in [9.17, 15) is 0 Å². The fraction of sp³-hybridized carbons (Fsp3) is 0.900. The summed E-state index contributed by atoms with van der Waals surface area (Å²) in [6, 6.07) is 0.478. The second-order valence-corrected chi connectivity index (χ2v) is 5.40. The predicted molar refractivity (Wildman–Crippen MR) is 62.9 cm³/mol. The van der Waals surface area contributed by atoms with Gasteiger partial charge < -0.3 is 5.21 Å². The van der Waals surface area contributed by atoms with Gasteiger partial charge in [0.15, 0.2) is 0 Å². The second kappa shape index (κ2) is 5.18. The molecule has 1 heterocycles. The predicted octanol–water partition coefficient (Wildman–Crippen LogP) is 1.86. The van der Waals surface area contributed by atoms with E-state index in [0.717, 1.165) is 5.92 Å². The highest BCUT2D eigenvalue weighted by Crippen LogP contribution is 2.35. The van der Waals surface area contributed by atoms with Crippen molar-refractivity contribution in [2.24, 2.45) is 11.1 Å². The summed E-state index contributed by atoms with van der Waals surface area (Å²) >= 11 is 1.64. The third-order valence-electron chi connectivity index (χ3n) is 3.46. The molecule has 4 nitrogen and oxygen atoms in total. The maximum atomic E-state index is 8.64. The highest BCUT2D eigenvalue weighted by atomic mass is 32.2. The SMILES string of the molecule is CN1NSC(C=NO)C1C1CCCCC1. The molecule has 0 aromatic carbocycles. The molecule has 2 aliphatic rings. The summed E-state index contributed by atoms with van der Waals surface area (Å²) in [6.07, 6.45) is 8.36. The van der Waals surface area contributed by atoms with Crippen LogP contribution in [-0.2, 0) is 0 Å². The Labute approximate surface area is 95.2 Å². The first-order chi connectivity index (χ1) is 7.33. The molecule has 0 amide bonds. The lowest BCUT2D eigenvalue weighted by atomic mass is 9.82. The Morgan fingerprint density at radius 3 is 2.80 bits per heavy atom. The van der Waals surface area contributed by atoms with Crippen molar-refractivity contribution in [2.75, 3.05) is 7.05 Å². The van der Waals surface area contributed by atoms with E-state index in [1.807, 2.05) is 0 Å². The van der Waals surface area contributed by atoms with Gasteiger partial charge in [0.1, 0.15) is 0 Å². The molecule has 86 valence electrons. The number of nitrogens with zero attached hydrogens (tertiary/aromatic N) is 2. The molecule has 0 radical (unpaired) electrons. The first kappa shape index (κ1) is 11.2. The van der Waals surface area contributed by atoms with Crippen LogP contribution in [0.5, 0.6) is 0 Å². The average Bonchev–Trinajstić information content (AvgIpc) is 2.62. The Morgan fingerprint density at radius 1 is 1.40 bits per heavy atom. The van der Waals surface area contributed by atoms with Crippen molar-refractivity contribution < 1.29 is 5.21 Å². The highest BCUT2D eigenvalue weighted by molar-refractivity contribution is 7.98. The van der Waals surface area contributed by atoms with Crippen LogP contribution in [0.25, 0.3) is 0 Å². The molecule has 2 fully saturated rings. The van der Waals surface area contributed by atoms with Crippen LogP contribution in [0.15, 0.2) is 5.16 Å². The van der Waals surface area contributed by atoms with Crippen molar-refractivity contribution in [3.8, 4) is 0 Å². The van der Waals surface area contributed by atoms with Crippen LogP contribution in [0.1, 0.15) is 32.1 Å². The Morgan fingerprint density at radius 2 is 2.13 bits per heavy atom. The van der Waals surface area contributed by atoms with Gasteiger partial charge in [-0.15, -0.1) is 5.16 Å². The van der Waals surface area contributed by atoms with E-state index in [0.29, 0.717) is 6.04 Å². The summed E-state index contributed by atoms with van der Waals surface area (Å²) in [7, 11) is 2.08. The number of hydrogen-bond donors (Lipinski definition) is 2. The average molecular weight is 229 g/mol. The molecule has 1 saturated carbocycles. The van der Waals surface area contributed by atoms with Crippen molar-refractivity contribution in [2.45, 2.75) is 43.4 Å². The quantitative estimate of drug-likeness (QED) is 0.328. The minimum absolute atomic E-state index is 0.281. The third kappa shape index (κ3) is 2.46. The van der Waals surface area contributed by atoms with Crippen molar-refractivity contribution in [3.63, 3.8) is 0 Å². The minimum atomic E-state index is 0.281. The Bertz CT molecular complexity index is 231. The van der Waals surface area contributed by atoms with Gasteiger partial charge in [-0.05, 0) is 18.8 Å². The van der Waals surface area contributed by atoms with Crippen LogP contribution in [-0.4, -0.2) is 34.8 Å². The largest absolute Gasteiger partial charge is 0.411 e. The summed E-state index contributed by atoms with van der Waals surface area (Å²) in [5.41, 5.74) is 0. The Kier molecular flexibility index (Phi) is 3.88. The lowest BCUT2D eigenvalue weighted by Crippen LogP contribution is -2.42. The van der Waals surface area contributed by atoms with Crippen LogP contribution in [0.2, 0.25) is 0 Å². The lowest BCUT2D eigenvalue weighted by Gasteiger charge is -2.32. The summed E-state index contributed by atoms with van der Waals surface area (Å²) in [5, 5.41) is 14.3. The molecule has 15 heavy (non-hydrogen) atoms. The van der Waals surface area contributed by atoms with Crippen molar-refractivity contribution >= 4 is 18.2 Å². The monoisotopic (exact) mass is 229 g/mol. The zero-order valence-electron chi connectivity index (χ0n) is 9.09. The van der Waals surface area contributed by atoms with Gasteiger partial charge in [-0.2, -0.15) is 4.83 Å². The minimum Gasteiger partial charge on any atom is -0.411 e. The van der Waals surface area contributed by atoms with Gasteiger partial charge in [-0.1, -0.05) is 31.2 Å². The van der Waals surface area contributed by atoms with Gasteiger partial charge in [0, 0.05) is 13.1 Å². The number of hydrazine groups is 1. The van der Waals surface area contributed by atoms with E-state index < -0.39 is 0 Å². The standard InChI is InChI=1S/C10H19N3OS/c1-13-10(8-5-3-2-4-6-8)9(7-11-14)15-12-13/h7-10,12,14H,2-6H2,1H3. The lowest BCUT2D eigenvalue weighted by molar-refractivity contribution is 0.152. The van der Waals surface area contributed by atoms with Crippen LogP contribution in [0.4, 0.5) is 0 Å². The number of oxime groups is 1. The summed E-state index contributed by atoms with van der Waals surface area (Å²) < 4.78 is 0. The van der Waals surface area contributed by atoms with Crippen LogP contribution in [0, 0.1) is 5.92 Å². The summed E-state index contributed by atoms with van der Waals surface area (Å²) in [4.78, 5) is 3.25. The molecule has 1 aliphatic heterocycles. The molecule has 2 N–H and O–H groups in total. The van der Waals surface area contributed by atoms with Crippen molar-refractivity contribution in [3.05, 3.63) is 0 Å². The maximum absolute atomic E-state index is 8.64. The molecule has 0 spiro atoms. The van der Waals surface area contributed by atoms with Crippen molar-refractivity contribution in [1.29, 1.82) is 0 Å². The van der Waals surface area contributed by atoms with Crippen molar-refractivity contribution in [1.82, 2.24) is 9.84 Å². The van der Waals surface area contributed by atoms with E-state index in [-0.39, 0.29) is 5.25 Å². The van der Waals surface area contributed by atoms with Crippen LogP contribution >= 0.6 is 11.9 Å². The second-order valence-electron chi connectivity index (χ2n) is 4.44. The van der Waals surface area contributed by atoms with Gasteiger partial charge in [-0.3, -0.25) is 0 Å². The van der Waals surface area contributed by atoms with E-state index in [2.05, 4.69) is 22.0 Å². The highest BCUT2D eigenvalue weighted by Gasteiger charge is 2.38. The van der Waals surface area contributed by atoms with Crippen LogP contribution < -0.4 is 4.83 Å². The van der Waals surface area contributed by atoms with Gasteiger partial charge >= 0.3 is 0 Å². The molecular weight excluding hydrogens is 210 g/mol. The maximum Gasteiger partial charge on any atom is 0.0763 e. The topological polar surface area (TPSA) is 47.9 Å². The first-order valence-corrected chi connectivity index (χ1v) is 6.52. The number of nitrogens with one attached hydrogen (secondary N) is 1. The first-order valence-electron chi connectivity index (χ1n) is 5.64. The molecule has 1 saturated heterocycles. The van der Waals surface area contributed by atoms with Gasteiger partial charge in [0.25, 0.3) is 0 Å². The number of hydrogen-bond acceptors (Lipinski definition) is 5. The van der Waals surface area contributed by atoms with Crippen LogP contribution in [0.3, 0.4) is 0 Å². The van der Waals surface area contributed by atoms with E-state index >= 15 is 0 Å². The zero-order valence-corrected chi connectivity index (χ0v) is 9.91. The normalized spacial score (nSPS) is 35.3. The molecule has 2 rings (SSSR count). The fourth-order valence-electron chi connectivity index (χ4n) is 2.74. The van der Waals surface area contributed by atoms with Gasteiger partial charge in [0.05, 0.1) is 11.5 Å². The molecule has 1 aliphatic carbocycles. The summed E-state index contributed by atoms with van der Waals surface area (Å²) in [5.74, 6) is 0.745. The smallest absolute Gasteiger partial charge is 0.0763 e. The Balaban J connectivity index is 2.02. The molecule has 2 unspecified atom stereocenters. The van der Waals surface area contributed by atoms with Gasteiger partial charge in [0.2, 0.25) is 0 Å². The third-order valence-corrected chi connectivity index (χ3v) is 4.53. The molecular formula is C10H19N3OS. The molecule has 0 aromatic rings. The molecule has 0 bridgehead atoms. The van der Waals surface area contributed by atoms with E-state index in [4.69, 9.17) is 5.21 Å². The summed E-state index contributed by atoms with van der Waals surface area (Å²) in [6.45, 7) is 0. The fourth-order valence-corrected chi connectivity index (χ4v) is 3.81. The van der Waals surface area contributed by atoms with E-state index in [1.165, 1.54) is 32.1 Å². The molecule has 0 aromatic heterocycles. The number of rotatable bonds is 2. The molecule has 2 atom stereocenters. The Hall–Kier alpha value is -0.260. The van der Waals surface area contributed by atoms with Gasteiger partial charge in [-0.25, -0.2) is 5.01 Å². The molecule has 5 heteroatoms. The zero-order chi connectivity index (χ0) is 10.7. The van der Waals surface area contributed by atoms with E-state index in [1.54, 1.807) is 18.2 Å².